The number of imide groups is 1. The standard InChI is InChI=1S/C4H7NO4S/c6-1-2(7)5-3(8)4(9)10/h4,6,9-10H,1H2,(H,5,7,8). The van der Waals surface area contributed by atoms with Crippen molar-refractivity contribution in [2.75, 3.05) is 6.61 Å². The minimum absolute atomic E-state index is 0.785. The van der Waals surface area contributed by atoms with Gasteiger partial charge in [-0.15, -0.1) is 12.6 Å². The largest absolute Gasteiger partial charge is 0.387 e. The van der Waals surface area contributed by atoms with E-state index in [1.54, 1.807) is 5.32 Å². The predicted octanol–water partition coefficient (Wildman–Crippen LogP) is -2.13. The van der Waals surface area contributed by atoms with Gasteiger partial charge in [-0.1, -0.05) is 0 Å². The first-order valence-electron chi connectivity index (χ1n) is 2.38. The van der Waals surface area contributed by atoms with Crippen LogP contribution >= 0.6 is 12.6 Å². The molecule has 1 unspecified atom stereocenters. The summed E-state index contributed by atoms with van der Waals surface area (Å²) in [6.07, 6.45) is 0. The number of nitrogens with one attached hydrogen (secondary N) is 1. The number of hydrogen-bond acceptors (Lipinski definition) is 5. The molecule has 0 spiro atoms. The topological polar surface area (TPSA) is 86.6 Å². The zero-order valence-corrected chi connectivity index (χ0v) is 5.84. The Balaban J connectivity index is 3.69. The second-order valence-corrected chi connectivity index (χ2v) is 1.93. The van der Waals surface area contributed by atoms with Crippen molar-refractivity contribution >= 4 is 24.4 Å². The van der Waals surface area contributed by atoms with Gasteiger partial charge in [0.15, 0.2) is 5.44 Å². The van der Waals surface area contributed by atoms with Gasteiger partial charge in [-0.2, -0.15) is 0 Å². The van der Waals surface area contributed by atoms with Crippen LogP contribution in [0.5, 0.6) is 0 Å². The molecule has 0 bridgehead atoms. The average molecular weight is 165 g/mol. The van der Waals surface area contributed by atoms with E-state index in [2.05, 4.69) is 12.6 Å². The van der Waals surface area contributed by atoms with E-state index in [9.17, 15) is 9.59 Å². The summed E-state index contributed by atoms with van der Waals surface area (Å²) in [5, 5.41) is 18.2. The van der Waals surface area contributed by atoms with Gasteiger partial charge in [0, 0.05) is 0 Å². The Morgan fingerprint density at radius 2 is 2.10 bits per heavy atom. The van der Waals surface area contributed by atoms with Crippen LogP contribution in [-0.4, -0.2) is 34.1 Å². The van der Waals surface area contributed by atoms with E-state index in [1.165, 1.54) is 0 Å². The molecule has 0 aromatic carbocycles. The summed E-state index contributed by atoms with van der Waals surface area (Å²) in [5.74, 6) is -1.81. The molecule has 0 fully saturated rings. The highest BCUT2D eigenvalue weighted by Gasteiger charge is 2.11. The van der Waals surface area contributed by atoms with Gasteiger partial charge in [0.05, 0.1) is 0 Å². The summed E-state index contributed by atoms with van der Waals surface area (Å²) in [6.45, 7) is -0.785. The SMILES string of the molecule is O=C(CO)NC(=O)C(O)S. The fraction of sp³-hybridized carbons (Fsp3) is 0.500. The highest BCUT2D eigenvalue weighted by Crippen LogP contribution is 1.86. The number of thiol groups is 1. The molecule has 0 aromatic rings. The molecule has 0 aliphatic rings. The minimum atomic E-state index is -1.53. The van der Waals surface area contributed by atoms with Crippen LogP contribution < -0.4 is 5.32 Å². The minimum Gasteiger partial charge on any atom is -0.387 e. The van der Waals surface area contributed by atoms with E-state index in [0.717, 1.165) is 0 Å². The van der Waals surface area contributed by atoms with Gasteiger partial charge in [-0.05, 0) is 0 Å². The molecule has 10 heavy (non-hydrogen) atoms. The van der Waals surface area contributed by atoms with Crippen LogP contribution in [0.4, 0.5) is 0 Å². The molecule has 3 N–H and O–H groups in total. The summed E-state index contributed by atoms with van der Waals surface area (Å²) in [7, 11) is 0. The van der Waals surface area contributed by atoms with Crippen molar-refractivity contribution in [3.05, 3.63) is 0 Å². The summed E-state index contributed by atoms with van der Waals surface area (Å²) in [6, 6.07) is 0. The first-order chi connectivity index (χ1) is 4.57. The second kappa shape index (κ2) is 4.26. The summed E-state index contributed by atoms with van der Waals surface area (Å²) >= 11 is 3.32. The van der Waals surface area contributed by atoms with E-state index in [4.69, 9.17) is 10.2 Å². The number of aliphatic hydroxyl groups is 2. The molecule has 5 nitrogen and oxygen atoms in total. The Morgan fingerprint density at radius 1 is 1.60 bits per heavy atom. The van der Waals surface area contributed by atoms with Gasteiger partial charge >= 0.3 is 0 Å². The normalized spacial score (nSPS) is 12.3. The fourth-order valence-electron chi connectivity index (χ4n) is 0.241. The number of amides is 2. The zero-order valence-electron chi connectivity index (χ0n) is 4.94. The van der Waals surface area contributed by atoms with Crippen molar-refractivity contribution in [3.8, 4) is 0 Å². The lowest BCUT2D eigenvalue weighted by Gasteiger charge is -2.01. The van der Waals surface area contributed by atoms with Crippen molar-refractivity contribution in [1.82, 2.24) is 5.32 Å². The third-order valence-corrected chi connectivity index (χ3v) is 0.875. The third-order valence-electron chi connectivity index (χ3n) is 0.641. The van der Waals surface area contributed by atoms with Crippen LogP contribution in [0.2, 0.25) is 0 Å². The van der Waals surface area contributed by atoms with E-state index < -0.39 is 23.9 Å². The van der Waals surface area contributed by atoms with Crippen LogP contribution in [0, 0.1) is 0 Å². The summed E-state index contributed by atoms with van der Waals surface area (Å²) in [4.78, 5) is 20.5. The monoisotopic (exact) mass is 165 g/mol. The van der Waals surface area contributed by atoms with Gasteiger partial charge in [-0.25, -0.2) is 0 Å². The summed E-state index contributed by atoms with van der Waals surface area (Å²) < 4.78 is 0. The van der Waals surface area contributed by atoms with Crippen molar-refractivity contribution < 1.29 is 19.8 Å². The van der Waals surface area contributed by atoms with Gasteiger partial charge < -0.3 is 10.2 Å². The lowest BCUT2D eigenvalue weighted by molar-refractivity contribution is -0.134. The highest BCUT2D eigenvalue weighted by molar-refractivity contribution is 7.81. The molecule has 58 valence electrons. The molecule has 1 atom stereocenters. The van der Waals surface area contributed by atoms with Crippen molar-refractivity contribution in [2.24, 2.45) is 0 Å². The fourth-order valence-corrected chi connectivity index (χ4v) is 0.306. The molecule has 0 aromatic heterocycles. The number of carbonyl (C=O) groups is 2. The number of hydrogen-bond donors (Lipinski definition) is 4. The molecule has 6 heteroatoms. The number of carbonyl (C=O) groups excluding carboxylic acids is 2. The summed E-state index contributed by atoms with van der Waals surface area (Å²) in [5.41, 5.74) is -1.53. The molecule has 0 heterocycles. The van der Waals surface area contributed by atoms with Crippen LogP contribution in [0.15, 0.2) is 0 Å². The molecule has 2 amide bonds. The molecule has 0 rings (SSSR count). The van der Waals surface area contributed by atoms with E-state index in [1.807, 2.05) is 0 Å². The van der Waals surface area contributed by atoms with Crippen molar-refractivity contribution in [3.63, 3.8) is 0 Å². The lowest BCUT2D eigenvalue weighted by atomic mass is 10.5. The van der Waals surface area contributed by atoms with Crippen molar-refractivity contribution in [2.45, 2.75) is 5.44 Å². The maximum Gasteiger partial charge on any atom is 0.265 e. The Bertz CT molecular complexity index is 146. The Kier molecular flexibility index (Phi) is 4.01. The molecule has 0 saturated heterocycles. The second-order valence-electron chi connectivity index (χ2n) is 1.44. The molecule has 0 radical (unpaired) electrons. The maximum atomic E-state index is 10.3. The number of aliphatic hydroxyl groups excluding tert-OH is 2. The third kappa shape index (κ3) is 3.44. The van der Waals surface area contributed by atoms with E-state index >= 15 is 0 Å². The van der Waals surface area contributed by atoms with Crippen LogP contribution in [0.1, 0.15) is 0 Å². The first kappa shape index (κ1) is 9.41. The Hall–Kier alpha value is -0.590. The van der Waals surface area contributed by atoms with Crippen LogP contribution in [-0.2, 0) is 9.59 Å². The molecule has 0 saturated carbocycles. The smallest absolute Gasteiger partial charge is 0.265 e. The Morgan fingerprint density at radius 3 is 2.40 bits per heavy atom. The van der Waals surface area contributed by atoms with Gasteiger partial charge in [0.1, 0.15) is 6.61 Å². The van der Waals surface area contributed by atoms with E-state index in [0.29, 0.717) is 0 Å². The molecular formula is C4H7NO4S. The van der Waals surface area contributed by atoms with Crippen LogP contribution in [0.25, 0.3) is 0 Å². The highest BCUT2D eigenvalue weighted by atomic mass is 32.1. The lowest BCUT2D eigenvalue weighted by Crippen LogP contribution is -2.37. The molecular weight excluding hydrogens is 158 g/mol. The Labute approximate surface area is 62.5 Å². The predicted molar refractivity (Wildman–Crippen MR) is 35.2 cm³/mol. The average Bonchev–Trinajstić information content (AvgIpc) is 1.87. The van der Waals surface area contributed by atoms with Gasteiger partial charge in [-0.3, -0.25) is 14.9 Å². The van der Waals surface area contributed by atoms with Gasteiger partial charge in [0.2, 0.25) is 0 Å². The molecule has 0 aliphatic carbocycles. The quantitative estimate of drug-likeness (QED) is 0.278. The van der Waals surface area contributed by atoms with Gasteiger partial charge in [0.25, 0.3) is 11.8 Å². The molecule has 0 aliphatic heterocycles. The van der Waals surface area contributed by atoms with Crippen LogP contribution in [0.3, 0.4) is 0 Å². The maximum absolute atomic E-state index is 10.3. The van der Waals surface area contributed by atoms with Crippen molar-refractivity contribution in [1.29, 1.82) is 0 Å². The number of rotatable bonds is 2. The first-order valence-corrected chi connectivity index (χ1v) is 2.90. The zero-order chi connectivity index (χ0) is 8.15. The van der Waals surface area contributed by atoms with E-state index in [-0.39, 0.29) is 0 Å².